The Labute approximate surface area is 170 Å². The number of guanidine groups is 1. The summed E-state index contributed by atoms with van der Waals surface area (Å²) in [6.45, 7) is 6.53. The molecule has 2 aliphatic rings. The number of hydrogen-bond acceptors (Lipinski definition) is 3. The minimum Gasteiger partial charge on any atom is -0.357 e. The van der Waals surface area contributed by atoms with Gasteiger partial charge in [-0.1, -0.05) is 19.3 Å². The van der Waals surface area contributed by atoms with Crippen LogP contribution in [-0.2, 0) is 0 Å². The molecule has 1 aliphatic carbocycles. The molecule has 0 aromatic carbocycles. The minimum atomic E-state index is 0. The standard InChI is InChI=1S/C18H36N4S.HI/c1-3-19-18(20-12-7-15-23-2)21-16-10-13-22(14-11-16)17-8-5-4-6-9-17;/h16-17H,3-15H2,1-2H3,(H2,19,20,21);1H. The van der Waals surface area contributed by atoms with Gasteiger partial charge in [0.1, 0.15) is 0 Å². The van der Waals surface area contributed by atoms with Crippen LogP contribution in [0.4, 0.5) is 0 Å². The molecule has 6 heteroatoms. The third-order valence-corrected chi connectivity index (χ3v) is 5.78. The van der Waals surface area contributed by atoms with Crippen molar-refractivity contribution in [2.24, 2.45) is 4.99 Å². The van der Waals surface area contributed by atoms with Gasteiger partial charge >= 0.3 is 0 Å². The molecule has 1 aliphatic heterocycles. The second-order valence-corrected chi connectivity index (χ2v) is 7.84. The molecule has 2 fully saturated rings. The molecule has 0 spiro atoms. The summed E-state index contributed by atoms with van der Waals surface area (Å²) >= 11 is 1.90. The van der Waals surface area contributed by atoms with Gasteiger partial charge in [0.05, 0.1) is 0 Å². The number of nitrogens with one attached hydrogen (secondary N) is 2. The van der Waals surface area contributed by atoms with E-state index < -0.39 is 0 Å². The van der Waals surface area contributed by atoms with Crippen LogP contribution in [0.1, 0.15) is 58.3 Å². The number of nitrogens with zero attached hydrogens (tertiary/aromatic N) is 2. The van der Waals surface area contributed by atoms with E-state index in [1.807, 2.05) is 11.8 Å². The Morgan fingerprint density at radius 2 is 1.83 bits per heavy atom. The molecular formula is C18H37IN4S. The van der Waals surface area contributed by atoms with Crippen molar-refractivity contribution in [1.29, 1.82) is 0 Å². The maximum atomic E-state index is 4.72. The molecule has 0 atom stereocenters. The normalized spacial score (nSPS) is 21.3. The van der Waals surface area contributed by atoms with Crippen molar-refractivity contribution in [1.82, 2.24) is 15.5 Å². The van der Waals surface area contributed by atoms with Gasteiger partial charge in [0, 0.05) is 38.3 Å². The van der Waals surface area contributed by atoms with Crippen molar-refractivity contribution < 1.29 is 0 Å². The van der Waals surface area contributed by atoms with Gasteiger partial charge in [-0.3, -0.25) is 4.99 Å². The first-order valence-corrected chi connectivity index (χ1v) is 11.0. The first kappa shape index (κ1) is 22.4. The first-order valence-electron chi connectivity index (χ1n) is 9.61. The Morgan fingerprint density at radius 1 is 1.12 bits per heavy atom. The van der Waals surface area contributed by atoms with Crippen molar-refractivity contribution in [2.45, 2.75) is 70.4 Å². The number of aliphatic imine (C=N–C) groups is 1. The molecule has 24 heavy (non-hydrogen) atoms. The van der Waals surface area contributed by atoms with Crippen molar-refractivity contribution in [3.63, 3.8) is 0 Å². The summed E-state index contributed by atoms with van der Waals surface area (Å²) in [4.78, 5) is 7.47. The number of rotatable bonds is 7. The van der Waals surface area contributed by atoms with Gasteiger partial charge < -0.3 is 15.5 Å². The second kappa shape index (κ2) is 13.5. The molecule has 0 radical (unpaired) electrons. The number of hydrogen-bond donors (Lipinski definition) is 2. The average molecular weight is 468 g/mol. The van der Waals surface area contributed by atoms with Gasteiger partial charge in [-0.25, -0.2) is 0 Å². The molecule has 2 N–H and O–H groups in total. The van der Waals surface area contributed by atoms with Crippen LogP contribution < -0.4 is 10.6 Å². The fourth-order valence-corrected chi connectivity index (χ4v) is 4.19. The van der Waals surface area contributed by atoms with Crippen LogP contribution in [0.15, 0.2) is 4.99 Å². The molecule has 1 saturated heterocycles. The Balaban J connectivity index is 0.00000288. The zero-order chi connectivity index (χ0) is 16.3. The second-order valence-electron chi connectivity index (χ2n) is 6.85. The summed E-state index contributed by atoms with van der Waals surface area (Å²) in [5.74, 6) is 2.22. The molecule has 142 valence electrons. The van der Waals surface area contributed by atoms with E-state index in [1.165, 1.54) is 63.8 Å². The monoisotopic (exact) mass is 468 g/mol. The van der Waals surface area contributed by atoms with Crippen molar-refractivity contribution in [3.05, 3.63) is 0 Å². The van der Waals surface area contributed by atoms with Crippen LogP contribution in [0, 0.1) is 0 Å². The lowest BCUT2D eigenvalue weighted by atomic mass is 9.92. The quantitative estimate of drug-likeness (QED) is 0.259. The van der Waals surface area contributed by atoms with E-state index in [1.54, 1.807) is 0 Å². The summed E-state index contributed by atoms with van der Waals surface area (Å²) < 4.78 is 0. The summed E-state index contributed by atoms with van der Waals surface area (Å²) in [5, 5.41) is 7.06. The molecular weight excluding hydrogens is 431 g/mol. The molecule has 1 heterocycles. The molecule has 0 bridgehead atoms. The van der Waals surface area contributed by atoms with Crippen molar-refractivity contribution in [2.75, 3.05) is 38.2 Å². The fraction of sp³-hybridized carbons (Fsp3) is 0.944. The van der Waals surface area contributed by atoms with E-state index >= 15 is 0 Å². The predicted octanol–water partition coefficient (Wildman–Crippen LogP) is 3.71. The third-order valence-electron chi connectivity index (χ3n) is 5.08. The van der Waals surface area contributed by atoms with Crippen molar-refractivity contribution >= 4 is 41.7 Å². The smallest absolute Gasteiger partial charge is 0.191 e. The summed E-state index contributed by atoms with van der Waals surface area (Å²) in [6, 6.07) is 1.46. The molecule has 2 rings (SSSR count). The van der Waals surface area contributed by atoms with E-state index in [-0.39, 0.29) is 24.0 Å². The Hall–Kier alpha value is 0.310. The summed E-state index contributed by atoms with van der Waals surface area (Å²) in [7, 11) is 0. The molecule has 1 saturated carbocycles. The van der Waals surface area contributed by atoms with Gasteiger partial charge in [0.15, 0.2) is 5.96 Å². The molecule has 0 amide bonds. The topological polar surface area (TPSA) is 39.7 Å². The lowest BCUT2D eigenvalue weighted by molar-refractivity contribution is 0.119. The van der Waals surface area contributed by atoms with Crippen LogP contribution in [0.5, 0.6) is 0 Å². The van der Waals surface area contributed by atoms with Crippen molar-refractivity contribution in [3.8, 4) is 0 Å². The largest absolute Gasteiger partial charge is 0.357 e. The highest BCUT2D eigenvalue weighted by Gasteiger charge is 2.26. The van der Waals surface area contributed by atoms with Gasteiger partial charge in [-0.2, -0.15) is 11.8 Å². The minimum absolute atomic E-state index is 0. The van der Waals surface area contributed by atoms with Gasteiger partial charge in [-0.15, -0.1) is 24.0 Å². The van der Waals surface area contributed by atoms with E-state index in [0.29, 0.717) is 6.04 Å². The van der Waals surface area contributed by atoms with Crippen LogP contribution in [0.3, 0.4) is 0 Å². The maximum absolute atomic E-state index is 4.72. The Bertz CT molecular complexity index is 340. The summed E-state index contributed by atoms with van der Waals surface area (Å²) in [6.07, 6.45) is 13.0. The number of piperidine rings is 1. The lowest BCUT2D eigenvalue weighted by Gasteiger charge is -2.39. The van der Waals surface area contributed by atoms with Gasteiger partial charge in [-0.05, 0) is 51.0 Å². The fourth-order valence-electron chi connectivity index (χ4n) is 3.77. The molecule has 0 aromatic rings. The lowest BCUT2D eigenvalue weighted by Crippen LogP contribution is -2.51. The van der Waals surface area contributed by atoms with Crippen LogP contribution in [-0.4, -0.2) is 61.1 Å². The van der Waals surface area contributed by atoms with Gasteiger partial charge in [0.2, 0.25) is 0 Å². The molecule has 4 nitrogen and oxygen atoms in total. The van der Waals surface area contributed by atoms with Crippen LogP contribution in [0.2, 0.25) is 0 Å². The van der Waals surface area contributed by atoms with Crippen LogP contribution >= 0.6 is 35.7 Å². The Kier molecular flexibility index (Phi) is 12.6. The average Bonchev–Trinajstić information content (AvgIpc) is 2.60. The highest BCUT2D eigenvalue weighted by atomic mass is 127. The van der Waals surface area contributed by atoms with E-state index in [2.05, 4.69) is 28.7 Å². The zero-order valence-corrected chi connectivity index (χ0v) is 18.7. The number of halogens is 1. The summed E-state index contributed by atoms with van der Waals surface area (Å²) in [5.41, 5.74) is 0. The molecule has 0 unspecified atom stereocenters. The highest BCUT2D eigenvalue weighted by Crippen LogP contribution is 2.25. The maximum Gasteiger partial charge on any atom is 0.191 e. The van der Waals surface area contributed by atoms with E-state index in [4.69, 9.17) is 4.99 Å². The van der Waals surface area contributed by atoms with Crippen LogP contribution in [0.25, 0.3) is 0 Å². The van der Waals surface area contributed by atoms with Gasteiger partial charge in [0.25, 0.3) is 0 Å². The third kappa shape index (κ3) is 8.13. The highest BCUT2D eigenvalue weighted by molar-refractivity contribution is 14.0. The first-order chi connectivity index (χ1) is 11.3. The zero-order valence-electron chi connectivity index (χ0n) is 15.6. The predicted molar refractivity (Wildman–Crippen MR) is 119 cm³/mol. The molecule has 0 aromatic heterocycles. The van der Waals surface area contributed by atoms with E-state index in [9.17, 15) is 0 Å². The van der Waals surface area contributed by atoms with E-state index in [0.717, 1.165) is 31.5 Å². The number of thioether (sulfide) groups is 1. The number of likely N-dealkylation sites (tertiary alicyclic amines) is 1. The SMILES string of the molecule is CCNC(=NCCCSC)NC1CCN(C2CCCCC2)CC1.I. The Morgan fingerprint density at radius 3 is 2.46 bits per heavy atom.